The van der Waals surface area contributed by atoms with Crippen LogP contribution in [0.5, 0.6) is 0 Å². The standard InChI is InChI=1S/C22H18ClF2N3O4/c23-15-4-2-14(3-5-15)22(24,25)21(32)26-10-12-1-6-16-13(9-12)11-28(20(16)31)17-7-8-18(29)27-19(17)30/h1-6,9,17H,7-8,10-11H2,(H,26,32)(H,27,29,30)/t17-/m1/s1/i8D2,10D,17D/hD/t10?,17-. The van der Waals surface area contributed by atoms with E-state index in [1.54, 1.807) is 5.32 Å². The van der Waals surface area contributed by atoms with Gasteiger partial charge in [-0.25, -0.2) is 0 Å². The molecule has 4 rings (SSSR count). The Morgan fingerprint density at radius 2 is 2.03 bits per heavy atom. The molecule has 4 amide bonds. The molecule has 0 spiro atoms. The van der Waals surface area contributed by atoms with E-state index >= 15 is 0 Å². The fourth-order valence-electron chi connectivity index (χ4n) is 3.32. The number of hydrogen-bond donors (Lipinski definition) is 2. The molecule has 166 valence electrons. The van der Waals surface area contributed by atoms with E-state index in [0.717, 1.165) is 29.2 Å². The molecule has 0 bridgehead atoms. The zero-order chi connectivity index (χ0) is 27.5. The summed E-state index contributed by atoms with van der Waals surface area (Å²) < 4.78 is 69.5. The second kappa shape index (κ2) is 8.31. The normalized spacial score (nSPS) is 25.5. The third-order valence-electron chi connectivity index (χ3n) is 4.97. The van der Waals surface area contributed by atoms with Crippen LogP contribution >= 0.6 is 11.6 Å². The van der Waals surface area contributed by atoms with Gasteiger partial charge in [-0.1, -0.05) is 35.9 Å². The van der Waals surface area contributed by atoms with Crippen molar-refractivity contribution in [1.29, 1.82) is 0 Å². The molecule has 0 aliphatic carbocycles. The summed E-state index contributed by atoms with van der Waals surface area (Å²) in [5.41, 5.74) is -0.642. The average Bonchev–Trinajstić information content (AvgIpc) is 3.18. The summed E-state index contributed by atoms with van der Waals surface area (Å²) in [5.74, 6) is -9.31. The predicted molar refractivity (Wildman–Crippen MR) is 110 cm³/mol. The fourth-order valence-corrected chi connectivity index (χ4v) is 3.44. The Morgan fingerprint density at radius 1 is 1.31 bits per heavy atom. The number of nitrogens with one attached hydrogen (secondary N) is 2. The van der Waals surface area contributed by atoms with Crippen LogP contribution in [0, 0.1) is 0 Å². The van der Waals surface area contributed by atoms with Crippen molar-refractivity contribution in [2.24, 2.45) is 0 Å². The van der Waals surface area contributed by atoms with Crippen LogP contribution in [0.25, 0.3) is 0 Å². The van der Waals surface area contributed by atoms with Gasteiger partial charge in [-0.15, -0.1) is 0 Å². The van der Waals surface area contributed by atoms with Crippen molar-refractivity contribution in [3.05, 3.63) is 69.7 Å². The number of carbonyl (C=O) groups is 4. The van der Waals surface area contributed by atoms with Crippen molar-refractivity contribution in [2.75, 3.05) is 0 Å². The fraction of sp³-hybridized carbons (Fsp3) is 0.273. The number of halogens is 3. The van der Waals surface area contributed by atoms with Gasteiger partial charge in [0.05, 0.1) is 2.74 Å². The third kappa shape index (κ3) is 4.08. The SMILES string of the molecule is [2H]C(c1ccc2c(c1)CN([C@]1([2H])CC([2H])([2H])C(=O)NC1=O)C2=O)N([2H])C(=O)C(F)(F)c1ccc(Cl)cc1. The van der Waals surface area contributed by atoms with Crippen LogP contribution in [-0.4, -0.2) is 34.5 Å². The predicted octanol–water partition coefficient (Wildman–Crippen LogP) is 2.51. The van der Waals surface area contributed by atoms with Gasteiger partial charge in [-0.05, 0) is 35.7 Å². The molecule has 2 aliphatic rings. The molecule has 1 fully saturated rings. The molecule has 2 N–H and O–H groups in total. The van der Waals surface area contributed by atoms with Gasteiger partial charge in [0.1, 0.15) is 6.02 Å². The maximum atomic E-state index is 14.7. The maximum absolute atomic E-state index is 14.7. The first-order valence-electron chi connectivity index (χ1n) is 11.8. The molecule has 2 atom stereocenters. The summed E-state index contributed by atoms with van der Waals surface area (Å²) in [6.07, 6.45) is -3.50. The van der Waals surface area contributed by atoms with Gasteiger partial charge in [0.2, 0.25) is 11.8 Å². The van der Waals surface area contributed by atoms with Crippen LogP contribution in [0.4, 0.5) is 8.78 Å². The minimum absolute atomic E-state index is 0.00203. The van der Waals surface area contributed by atoms with Crippen LogP contribution in [0.2, 0.25) is 6.43 Å². The molecule has 1 unspecified atom stereocenters. The molecule has 2 heterocycles. The van der Waals surface area contributed by atoms with Gasteiger partial charge in [-0.2, -0.15) is 8.78 Å². The highest BCUT2D eigenvalue weighted by Crippen LogP contribution is 2.30. The number of carbonyl (C=O) groups excluding carboxylic acids is 4. The number of alkyl halides is 2. The summed E-state index contributed by atoms with van der Waals surface area (Å²) in [6.45, 7) is -2.31. The van der Waals surface area contributed by atoms with Gasteiger partial charge in [0.15, 0.2) is 1.41 Å². The zero-order valence-corrected chi connectivity index (χ0v) is 17.0. The van der Waals surface area contributed by atoms with Gasteiger partial charge in [-0.3, -0.25) is 24.5 Å². The third-order valence-corrected chi connectivity index (χ3v) is 5.22. The lowest BCUT2D eigenvalue weighted by Gasteiger charge is -2.29. The first kappa shape index (κ1) is 16.3. The van der Waals surface area contributed by atoms with Gasteiger partial charge >= 0.3 is 5.92 Å². The summed E-state index contributed by atoms with van der Waals surface area (Å²) in [6, 6.07) is 5.30. The Hall–Kier alpha value is -3.33. The summed E-state index contributed by atoms with van der Waals surface area (Å²) >= 11 is 5.69. The van der Waals surface area contributed by atoms with E-state index in [1.165, 1.54) is 18.2 Å². The molecule has 10 heteroatoms. The lowest BCUT2D eigenvalue weighted by Crippen LogP contribution is -2.52. The van der Waals surface area contributed by atoms with E-state index in [-0.39, 0.29) is 33.6 Å². The highest BCUT2D eigenvalue weighted by atomic mass is 35.5. The van der Waals surface area contributed by atoms with E-state index in [4.69, 9.17) is 18.5 Å². The van der Waals surface area contributed by atoms with E-state index in [0.29, 0.717) is 0 Å². The van der Waals surface area contributed by atoms with Gasteiger partial charge in [0.25, 0.3) is 11.8 Å². The van der Waals surface area contributed by atoms with Crippen molar-refractivity contribution in [3.63, 3.8) is 0 Å². The van der Waals surface area contributed by atoms with Crippen LogP contribution < -0.4 is 10.6 Å². The highest BCUT2D eigenvalue weighted by Gasteiger charge is 2.41. The van der Waals surface area contributed by atoms with E-state index in [9.17, 15) is 28.0 Å². The van der Waals surface area contributed by atoms with Gasteiger partial charge in [0, 0.05) is 38.3 Å². The van der Waals surface area contributed by atoms with Crippen LogP contribution in [0.3, 0.4) is 0 Å². The Bertz CT molecular complexity index is 1330. The Morgan fingerprint density at radius 3 is 2.75 bits per heavy atom. The first-order valence-corrected chi connectivity index (χ1v) is 9.67. The zero-order valence-electron chi connectivity index (χ0n) is 21.2. The lowest BCUT2D eigenvalue weighted by molar-refractivity contribution is -0.147. The van der Waals surface area contributed by atoms with Crippen LogP contribution in [0.15, 0.2) is 42.5 Å². The molecule has 0 aromatic heterocycles. The van der Waals surface area contributed by atoms with Gasteiger partial charge < -0.3 is 10.2 Å². The first-order chi connectivity index (χ1) is 17.1. The number of benzene rings is 2. The van der Waals surface area contributed by atoms with E-state index in [2.05, 4.69) is 0 Å². The van der Waals surface area contributed by atoms with Crippen LogP contribution in [-0.2, 0) is 33.4 Å². The van der Waals surface area contributed by atoms with Crippen molar-refractivity contribution >= 4 is 35.2 Å². The number of amides is 4. The Labute approximate surface area is 193 Å². The van der Waals surface area contributed by atoms with Crippen molar-refractivity contribution < 1.29 is 34.9 Å². The van der Waals surface area contributed by atoms with Crippen molar-refractivity contribution in [3.8, 4) is 0 Å². The molecule has 2 aromatic rings. The number of fused-ring (bicyclic) bond motifs is 1. The maximum Gasteiger partial charge on any atom is 0.349 e. The number of nitrogens with zero attached hydrogens (tertiary/aromatic N) is 1. The summed E-state index contributed by atoms with van der Waals surface area (Å²) in [5, 5.41) is 1.72. The molecule has 0 radical (unpaired) electrons. The molecular formula is C22H18ClF2N3O4. The van der Waals surface area contributed by atoms with Crippen molar-refractivity contribution in [2.45, 2.75) is 37.8 Å². The largest absolute Gasteiger partial charge is 0.349 e. The quantitative estimate of drug-likeness (QED) is 0.662. The topological polar surface area (TPSA) is 95.6 Å². The highest BCUT2D eigenvalue weighted by molar-refractivity contribution is 6.30. The molecule has 1 saturated heterocycles. The minimum atomic E-state index is -4.13. The molecule has 2 aromatic carbocycles. The average molecular weight is 467 g/mol. The smallest absolute Gasteiger partial charge is 0.346 e. The van der Waals surface area contributed by atoms with E-state index in [1.807, 2.05) is 0 Å². The van der Waals surface area contributed by atoms with Crippen molar-refractivity contribution in [1.82, 2.24) is 15.5 Å². The number of rotatable bonds is 5. The summed E-state index contributed by atoms with van der Waals surface area (Å²) in [7, 11) is 0. The second-order valence-corrected chi connectivity index (χ2v) is 7.47. The molecule has 7 nitrogen and oxygen atoms in total. The number of piperidine rings is 1. The minimum Gasteiger partial charge on any atom is -0.346 e. The lowest BCUT2D eigenvalue weighted by atomic mass is 10.0. The van der Waals surface area contributed by atoms with E-state index < -0.39 is 60.4 Å². The Balaban J connectivity index is 1.57. The summed E-state index contributed by atoms with van der Waals surface area (Å²) in [4.78, 5) is 50.2. The monoisotopic (exact) mass is 466 g/mol. The number of imide groups is 1. The number of hydrogen-bond acceptors (Lipinski definition) is 4. The molecule has 32 heavy (non-hydrogen) atoms. The second-order valence-electron chi connectivity index (χ2n) is 7.04. The molecule has 0 saturated carbocycles. The van der Waals surface area contributed by atoms with Crippen LogP contribution in [0.1, 0.15) is 45.3 Å². The Kier molecular flexibility index (Phi) is 4.24. The molecular weight excluding hydrogens is 444 g/mol. The molecule has 2 aliphatic heterocycles.